The Kier molecular flexibility index (Phi) is 3.29. The molecular formula is C29H38O3. The van der Waals surface area contributed by atoms with Crippen LogP contribution in [-0.2, 0) is 9.53 Å². The number of allylic oxidation sites excluding steroid dienone is 2. The minimum Gasteiger partial charge on any atom is -0.481 e. The Bertz CT molecular complexity index is 919. The summed E-state index contributed by atoms with van der Waals surface area (Å²) in [7, 11) is 0. The Morgan fingerprint density at radius 3 is 2.47 bits per heavy atom. The molecule has 9 aliphatic rings. The predicted molar refractivity (Wildman–Crippen MR) is 119 cm³/mol. The van der Waals surface area contributed by atoms with Crippen molar-refractivity contribution < 1.29 is 14.6 Å². The minimum absolute atomic E-state index is 0.106. The number of rotatable bonds is 2. The van der Waals surface area contributed by atoms with Gasteiger partial charge in [0.1, 0.15) is 0 Å². The van der Waals surface area contributed by atoms with Gasteiger partial charge in [-0.05, 0) is 109 Å². The van der Waals surface area contributed by atoms with Crippen LogP contribution in [0, 0.1) is 88.3 Å². The molecule has 7 aliphatic carbocycles. The fraction of sp³-hybridized carbons (Fsp3) is 0.897. The van der Waals surface area contributed by atoms with Crippen molar-refractivity contribution in [2.75, 3.05) is 0 Å². The first-order valence-electron chi connectivity index (χ1n) is 14.2. The maximum Gasteiger partial charge on any atom is 0.307 e. The SMILES string of the molecule is CC1C2CC(C1C(=O)O)C1C3OC(C21)C1(C2CCCCC2)C2CC(C4C5C=CC(C5)C42)C31. The van der Waals surface area contributed by atoms with Gasteiger partial charge in [-0.15, -0.1) is 0 Å². The van der Waals surface area contributed by atoms with Crippen LogP contribution in [0.1, 0.15) is 58.3 Å². The first kappa shape index (κ1) is 18.5. The molecule has 0 aromatic rings. The Morgan fingerprint density at radius 2 is 1.69 bits per heavy atom. The number of carboxylic acid groups (broad SMARTS) is 1. The van der Waals surface area contributed by atoms with Crippen molar-refractivity contribution in [1.82, 2.24) is 0 Å². The van der Waals surface area contributed by atoms with E-state index in [4.69, 9.17) is 4.74 Å². The lowest BCUT2D eigenvalue weighted by Crippen LogP contribution is -2.61. The third-order valence-corrected chi connectivity index (χ3v) is 13.9. The molecule has 1 N–H and O–H groups in total. The van der Waals surface area contributed by atoms with Gasteiger partial charge in [0.2, 0.25) is 0 Å². The van der Waals surface area contributed by atoms with Crippen molar-refractivity contribution in [1.29, 1.82) is 0 Å². The molecular weight excluding hydrogens is 396 g/mol. The van der Waals surface area contributed by atoms with E-state index in [1.54, 1.807) is 0 Å². The molecule has 0 aromatic heterocycles. The summed E-state index contributed by atoms with van der Waals surface area (Å²) in [6.45, 7) is 2.27. The molecule has 2 saturated heterocycles. The summed E-state index contributed by atoms with van der Waals surface area (Å²) < 4.78 is 7.24. The largest absolute Gasteiger partial charge is 0.481 e. The highest BCUT2D eigenvalue weighted by molar-refractivity contribution is 5.72. The molecule has 3 nitrogen and oxygen atoms in total. The van der Waals surface area contributed by atoms with Crippen LogP contribution in [0.25, 0.3) is 0 Å². The van der Waals surface area contributed by atoms with Gasteiger partial charge in [0.25, 0.3) is 0 Å². The summed E-state index contributed by atoms with van der Waals surface area (Å²) in [5.74, 6) is 9.03. The number of hydrogen-bond donors (Lipinski definition) is 1. The van der Waals surface area contributed by atoms with Crippen molar-refractivity contribution in [3.8, 4) is 0 Å². The molecule has 8 fully saturated rings. The smallest absolute Gasteiger partial charge is 0.307 e. The van der Waals surface area contributed by atoms with Crippen LogP contribution in [-0.4, -0.2) is 23.3 Å². The van der Waals surface area contributed by atoms with E-state index >= 15 is 0 Å². The lowest BCUT2D eigenvalue weighted by Gasteiger charge is -2.59. The van der Waals surface area contributed by atoms with E-state index in [9.17, 15) is 9.90 Å². The first-order valence-corrected chi connectivity index (χ1v) is 14.2. The van der Waals surface area contributed by atoms with Gasteiger partial charge in [0.15, 0.2) is 0 Å². The lowest BCUT2D eigenvalue weighted by molar-refractivity contribution is -0.151. The summed E-state index contributed by atoms with van der Waals surface area (Å²) in [6.07, 6.45) is 17.4. The highest BCUT2D eigenvalue weighted by atomic mass is 16.5. The molecule has 0 radical (unpaired) electrons. The monoisotopic (exact) mass is 434 g/mol. The van der Waals surface area contributed by atoms with E-state index in [2.05, 4.69) is 19.1 Å². The standard InChI is InChI=1S/C29H38O3/c1-12-16-10-17(20(12)28(30)31)23-24(16)27-29(15-5-3-2-4-6-15)19-11-18(25(29)26(23)32-27)21-13-7-8-14(9-13)22(19)21/h7-8,12-27H,2-6,9-11H2,1H3,(H,30,31). The molecule has 16 unspecified atom stereocenters. The number of hydrogen-bond acceptors (Lipinski definition) is 2. The van der Waals surface area contributed by atoms with Crippen LogP contribution in [0.15, 0.2) is 12.2 Å². The molecule has 16 atom stereocenters. The molecule has 8 bridgehead atoms. The van der Waals surface area contributed by atoms with Gasteiger partial charge < -0.3 is 9.84 Å². The summed E-state index contributed by atoms with van der Waals surface area (Å²) in [5, 5.41) is 10.1. The number of carbonyl (C=O) groups is 1. The molecule has 2 heterocycles. The summed E-state index contributed by atoms with van der Waals surface area (Å²) in [5.41, 5.74) is 0.458. The van der Waals surface area contributed by atoms with Gasteiger partial charge in [0, 0.05) is 5.41 Å². The van der Waals surface area contributed by atoms with Crippen LogP contribution in [0.3, 0.4) is 0 Å². The highest BCUT2D eigenvalue weighted by Crippen LogP contribution is 2.84. The number of carboxylic acids is 1. The number of fused-ring (bicyclic) bond motifs is 23. The molecule has 172 valence electrons. The van der Waals surface area contributed by atoms with Gasteiger partial charge in [0.05, 0.1) is 18.1 Å². The van der Waals surface area contributed by atoms with Gasteiger partial charge in [-0.2, -0.15) is 0 Å². The number of ether oxygens (including phenoxy) is 1. The van der Waals surface area contributed by atoms with E-state index in [0.717, 1.165) is 47.3 Å². The van der Waals surface area contributed by atoms with Crippen LogP contribution < -0.4 is 0 Å². The summed E-state index contributed by atoms with van der Waals surface area (Å²) in [6, 6.07) is 0. The van der Waals surface area contributed by atoms with Crippen molar-refractivity contribution in [3.63, 3.8) is 0 Å². The Labute approximate surface area is 191 Å². The molecule has 0 amide bonds. The molecule has 0 aromatic carbocycles. The molecule has 32 heavy (non-hydrogen) atoms. The minimum atomic E-state index is -0.518. The van der Waals surface area contributed by atoms with E-state index in [1.165, 1.54) is 51.4 Å². The Hall–Kier alpha value is -0.830. The number of aliphatic carboxylic acids is 1. The average Bonchev–Trinajstić information content (AvgIpc) is 3.62. The van der Waals surface area contributed by atoms with E-state index < -0.39 is 5.97 Å². The second kappa shape index (κ2) is 5.69. The normalized spacial score (nSPS) is 66.8. The van der Waals surface area contributed by atoms with Gasteiger partial charge >= 0.3 is 5.97 Å². The summed E-state index contributed by atoms with van der Waals surface area (Å²) >= 11 is 0. The van der Waals surface area contributed by atoms with Crippen LogP contribution in [0.2, 0.25) is 0 Å². The zero-order chi connectivity index (χ0) is 21.1. The van der Waals surface area contributed by atoms with Crippen molar-refractivity contribution in [2.45, 2.75) is 70.5 Å². The van der Waals surface area contributed by atoms with Crippen LogP contribution in [0.5, 0.6) is 0 Å². The maximum absolute atomic E-state index is 12.3. The highest BCUT2D eigenvalue weighted by Gasteiger charge is 2.84. The molecule has 0 spiro atoms. The predicted octanol–water partition coefficient (Wildman–Crippen LogP) is 5.26. The second-order valence-corrected chi connectivity index (χ2v) is 13.9. The van der Waals surface area contributed by atoms with Crippen LogP contribution in [0.4, 0.5) is 0 Å². The van der Waals surface area contributed by atoms with Crippen LogP contribution >= 0.6 is 0 Å². The van der Waals surface area contributed by atoms with E-state index in [-0.39, 0.29) is 5.92 Å². The van der Waals surface area contributed by atoms with Crippen molar-refractivity contribution in [2.24, 2.45) is 88.3 Å². The van der Waals surface area contributed by atoms with E-state index in [1.807, 2.05) is 0 Å². The van der Waals surface area contributed by atoms with Gasteiger partial charge in [-0.3, -0.25) is 4.79 Å². The van der Waals surface area contributed by atoms with E-state index in [0.29, 0.717) is 47.2 Å². The molecule has 9 rings (SSSR count). The van der Waals surface area contributed by atoms with Crippen molar-refractivity contribution >= 4 is 5.97 Å². The fourth-order valence-corrected chi connectivity index (χ4v) is 13.8. The third kappa shape index (κ3) is 1.72. The second-order valence-electron chi connectivity index (χ2n) is 13.9. The molecule has 6 saturated carbocycles. The van der Waals surface area contributed by atoms with Gasteiger partial charge in [-0.1, -0.05) is 38.3 Å². The first-order chi connectivity index (χ1) is 15.6. The van der Waals surface area contributed by atoms with Crippen molar-refractivity contribution in [3.05, 3.63) is 12.2 Å². The van der Waals surface area contributed by atoms with Gasteiger partial charge in [-0.25, -0.2) is 0 Å². The lowest BCUT2D eigenvalue weighted by atomic mass is 9.43. The quantitative estimate of drug-likeness (QED) is 0.476. The summed E-state index contributed by atoms with van der Waals surface area (Å²) in [4.78, 5) is 12.3. The zero-order valence-electron chi connectivity index (χ0n) is 19.3. The average molecular weight is 435 g/mol. The zero-order valence-corrected chi connectivity index (χ0v) is 19.3. The topological polar surface area (TPSA) is 46.5 Å². The molecule has 2 aliphatic heterocycles. The Balaban J connectivity index is 1.19. The molecule has 3 heteroatoms. The fourth-order valence-electron chi connectivity index (χ4n) is 13.8. The Morgan fingerprint density at radius 1 is 0.906 bits per heavy atom. The third-order valence-electron chi connectivity index (χ3n) is 13.9. The maximum atomic E-state index is 12.3.